The summed E-state index contributed by atoms with van der Waals surface area (Å²) < 4.78 is 5.70. The minimum absolute atomic E-state index is 0.263. The van der Waals surface area contributed by atoms with Gasteiger partial charge in [0.15, 0.2) is 0 Å². The number of piperidine rings is 1. The summed E-state index contributed by atoms with van der Waals surface area (Å²) in [4.78, 5) is 31.4. The number of nitriles is 1. The Hall–Kier alpha value is -3.22. The van der Waals surface area contributed by atoms with E-state index in [1.165, 1.54) is 17.4 Å². The van der Waals surface area contributed by atoms with Gasteiger partial charge in [-0.1, -0.05) is 6.07 Å². The van der Waals surface area contributed by atoms with Gasteiger partial charge >= 0.3 is 6.09 Å². The number of nitrogens with one attached hydrogen (secondary N) is 1. The highest BCUT2D eigenvalue weighted by atomic mass is 32.1. The van der Waals surface area contributed by atoms with E-state index in [0.717, 1.165) is 16.0 Å². The van der Waals surface area contributed by atoms with E-state index in [0.29, 0.717) is 55.8 Å². The zero-order valence-electron chi connectivity index (χ0n) is 17.5. The number of aromatic nitrogens is 1. The van der Waals surface area contributed by atoms with Crippen molar-refractivity contribution >= 4 is 34.4 Å². The number of hydrogen-bond acceptors (Lipinski definition) is 7. The number of amides is 2. The lowest BCUT2D eigenvalue weighted by molar-refractivity contribution is -0.111. The summed E-state index contributed by atoms with van der Waals surface area (Å²) in [5.74, 6) is -0.320. The zero-order chi connectivity index (χ0) is 22.5. The third kappa shape index (κ3) is 5.15. The van der Waals surface area contributed by atoms with E-state index in [-0.39, 0.29) is 24.2 Å². The molecule has 1 fully saturated rings. The number of anilines is 1. The van der Waals surface area contributed by atoms with Gasteiger partial charge in [-0.05, 0) is 49.0 Å². The van der Waals surface area contributed by atoms with Gasteiger partial charge in [0.1, 0.15) is 17.2 Å². The number of hydrogen-bond donors (Lipinski definition) is 2. The van der Waals surface area contributed by atoms with Gasteiger partial charge in [0, 0.05) is 42.9 Å². The molecule has 3 heterocycles. The lowest BCUT2D eigenvalue weighted by Gasteiger charge is -2.31. The second-order valence-corrected chi connectivity index (χ2v) is 9.00. The summed E-state index contributed by atoms with van der Waals surface area (Å²) in [7, 11) is 0. The van der Waals surface area contributed by atoms with Crippen molar-refractivity contribution in [2.75, 3.05) is 18.4 Å². The number of pyridine rings is 1. The molecule has 1 aliphatic carbocycles. The number of aliphatic hydroxyl groups excluding tert-OH is 1. The first-order chi connectivity index (χ1) is 15.5. The molecule has 8 nitrogen and oxygen atoms in total. The number of thiophene rings is 1. The molecule has 166 valence electrons. The number of fused-ring (bicyclic) bond motifs is 1. The number of carbonyl (C=O) groups is 2. The van der Waals surface area contributed by atoms with Gasteiger partial charge < -0.3 is 20.1 Å². The topological polar surface area (TPSA) is 116 Å². The van der Waals surface area contributed by atoms with Crippen molar-refractivity contribution in [2.45, 2.75) is 44.3 Å². The van der Waals surface area contributed by atoms with Crippen molar-refractivity contribution in [1.82, 2.24) is 9.88 Å². The molecule has 0 bridgehead atoms. The number of nitrogens with zero attached hydrogens (tertiary/aromatic N) is 3. The average molecular weight is 453 g/mol. The van der Waals surface area contributed by atoms with E-state index in [1.807, 2.05) is 6.07 Å². The first-order valence-electron chi connectivity index (χ1n) is 10.6. The highest BCUT2D eigenvalue weighted by Gasteiger charge is 2.30. The number of aliphatic hydroxyl groups is 1. The Morgan fingerprint density at radius 3 is 2.88 bits per heavy atom. The Labute approximate surface area is 190 Å². The summed E-state index contributed by atoms with van der Waals surface area (Å²) in [6.07, 6.45) is 8.35. The average Bonchev–Trinajstić information content (AvgIpc) is 3.14. The van der Waals surface area contributed by atoms with Crippen LogP contribution in [0, 0.1) is 11.3 Å². The quantitative estimate of drug-likeness (QED) is 0.689. The Morgan fingerprint density at radius 1 is 1.34 bits per heavy atom. The van der Waals surface area contributed by atoms with Gasteiger partial charge in [-0.15, -0.1) is 11.3 Å². The number of likely N-dealkylation sites (tertiary alicyclic amines) is 1. The highest BCUT2D eigenvalue weighted by molar-refractivity contribution is 7.16. The van der Waals surface area contributed by atoms with Gasteiger partial charge in [-0.3, -0.25) is 9.78 Å². The Bertz CT molecular complexity index is 1050. The lowest BCUT2D eigenvalue weighted by Crippen LogP contribution is -2.42. The molecule has 2 amide bonds. The van der Waals surface area contributed by atoms with Gasteiger partial charge in [-0.25, -0.2) is 4.79 Å². The molecule has 0 radical (unpaired) electrons. The molecule has 2 aromatic rings. The SMILES string of the molecule is N#Cc1c(NC(=O)/C=C/c2cccnc2)sc2c1CCC(OC(=O)N1CCC(O)CC1)C2. The molecule has 4 rings (SSSR count). The summed E-state index contributed by atoms with van der Waals surface area (Å²) >= 11 is 1.36. The van der Waals surface area contributed by atoms with Crippen LogP contribution in [0.25, 0.3) is 6.08 Å². The summed E-state index contributed by atoms with van der Waals surface area (Å²) in [6.45, 7) is 0.997. The third-order valence-corrected chi connectivity index (χ3v) is 6.84. The minimum Gasteiger partial charge on any atom is -0.446 e. The van der Waals surface area contributed by atoms with Crippen LogP contribution in [0.3, 0.4) is 0 Å². The molecule has 2 aliphatic rings. The highest BCUT2D eigenvalue weighted by Crippen LogP contribution is 2.38. The Morgan fingerprint density at radius 2 is 2.16 bits per heavy atom. The van der Waals surface area contributed by atoms with Gasteiger partial charge in [0.05, 0.1) is 11.7 Å². The smallest absolute Gasteiger partial charge is 0.410 e. The van der Waals surface area contributed by atoms with E-state index >= 15 is 0 Å². The van der Waals surface area contributed by atoms with Crippen molar-refractivity contribution in [1.29, 1.82) is 5.26 Å². The monoisotopic (exact) mass is 452 g/mol. The Balaban J connectivity index is 1.39. The summed E-state index contributed by atoms with van der Waals surface area (Å²) in [6, 6.07) is 5.85. The lowest BCUT2D eigenvalue weighted by atomic mass is 9.94. The molecule has 0 spiro atoms. The van der Waals surface area contributed by atoms with Crippen LogP contribution in [-0.2, 0) is 22.4 Å². The molecule has 2 aromatic heterocycles. The fraction of sp³-hybridized carbons (Fsp3) is 0.391. The van der Waals surface area contributed by atoms with Crippen LogP contribution in [0.4, 0.5) is 9.80 Å². The maximum absolute atomic E-state index is 12.5. The molecular formula is C23H24N4O4S. The zero-order valence-corrected chi connectivity index (χ0v) is 18.3. The standard InChI is InChI=1S/C23H24N4O4S/c24-13-19-18-5-4-17(31-23(30)27-10-7-16(28)8-11-27)12-20(18)32-22(19)26-21(29)6-3-15-2-1-9-25-14-15/h1-3,6,9,14,16-17,28H,4-5,7-8,10-12H2,(H,26,29)/b6-3+. The molecule has 32 heavy (non-hydrogen) atoms. The summed E-state index contributed by atoms with van der Waals surface area (Å²) in [5, 5.41) is 22.6. The van der Waals surface area contributed by atoms with Crippen LogP contribution in [0.5, 0.6) is 0 Å². The van der Waals surface area contributed by atoms with E-state index < -0.39 is 0 Å². The minimum atomic E-state index is -0.350. The molecule has 2 N–H and O–H groups in total. The van der Waals surface area contributed by atoms with Crippen LogP contribution in [-0.4, -0.2) is 52.3 Å². The van der Waals surface area contributed by atoms with Crippen molar-refractivity contribution in [3.8, 4) is 6.07 Å². The third-order valence-electron chi connectivity index (χ3n) is 5.67. The van der Waals surface area contributed by atoms with Crippen LogP contribution < -0.4 is 5.32 Å². The molecule has 0 aromatic carbocycles. The van der Waals surface area contributed by atoms with Crippen molar-refractivity contribution in [3.63, 3.8) is 0 Å². The molecule has 1 unspecified atom stereocenters. The number of carbonyl (C=O) groups excluding carboxylic acids is 2. The van der Waals surface area contributed by atoms with Crippen LogP contribution in [0.15, 0.2) is 30.6 Å². The maximum atomic E-state index is 12.5. The maximum Gasteiger partial charge on any atom is 0.410 e. The predicted octanol–water partition coefficient (Wildman–Crippen LogP) is 3.12. The normalized spacial score (nSPS) is 18.8. The Kier molecular flexibility index (Phi) is 6.83. The number of rotatable bonds is 4. The van der Waals surface area contributed by atoms with Gasteiger partial charge in [0.2, 0.25) is 5.91 Å². The van der Waals surface area contributed by atoms with Gasteiger partial charge in [0.25, 0.3) is 0 Å². The number of ether oxygens (including phenoxy) is 1. The summed E-state index contributed by atoms with van der Waals surface area (Å²) in [5.41, 5.74) is 2.22. The van der Waals surface area contributed by atoms with E-state index in [2.05, 4.69) is 16.4 Å². The van der Waals surface area contributed by atoms with Crippen LogP contribution in [0.2, 0.25) is 0 Å². The predicted molar refractivity (Wildman–Crippen MR) is 120 cm³/mol. The fourth-order valence-electron chi connectivity index (χ4n) is 3.93. The molecular weight excluding hydrogens is 428 g/mol. The van der Waals surface area contributed by atoms with Crippen molar-refractivity contribution in [2.24, 2.45) is 0 Å². The molecule has 1 atom stereocenters. The largest absolute Gasteiger partial charge is 0.446 e. The van der Waals surface area contributed by atoms with E-state index in [9.17, 15) is 20.0 Å². The second-order valence-electron chi connectivity index (χ2n) is 7.90. The molecule has 0 saturated carbocycles. The van der Waals surface area contributed by atoms with Crippen molar-refractivity contribution in [3.05, 3.63) is 52.2 Å². The van der Waals surface area contributed by atoms with E-state index in [4.69, 9.17) is 4.74 Å². The van der Waals surface area contributed by atoms with E-state index in [1.54, 1.807) is 29.4 Å². The van der Waals surface area contributed by atoms with Crippen LogP contribution in [0.1, 0.15) is 40.8 Å². The fourth-order valence-corrected chi connectivity index (χ4v) is 5.19. The molecule has 9 heteroatoms. The van der Waals surface area contributed by atoms with Crippen LogP contribution >= 0.6 is 11.3 Å². The first kappa shape index (κ1) is 22.0. The van der Waals surface area contributed by atoms with Crippen molar-refractivity contribution < 1.29 is 19.4 Å². The second kappa shape index (κ2) is 9.94. The molecule has 1 saturated heterocycles. The van der Waals surface area contributed by atoms with Gasteiger partial charge in [-0.2, -0.15) is 5.26 Å². The molecule has 1 aliphatic heterocycles. The first-order valence-corrected chi connectivity index (χ1v) is 11.4.